The lowest BCUT2D eigenvalue weighted by molar-refractivity contribution is 0.116. The second kappa shape index (κ2) is 5.38. The molecule has 94 valence electrons. The quantitative estimate of drug-likeness (QED) is 0.863. The molecule has 2 rings (SSSR count). The molecule has 0 saturated carbocycles. The van der Waals surface area contributed by atoms with Gasteiger partial charge < -0.3 is 19.9 Å². The molecule has 1 aliphatic heterocycles. The van der Waals surface area contributed by atoms with Crippen LogP contribution in [0.5, 0.6) is 11.5 Å². The summed E-state index contributed by atoms with van der Waals surface area (Å²) in [6.45, 7) is 1.32. The second-order valence-corrected chi connectivity index (χ2v) is 4.24. The molecule has 1 fully saturated rings. The summed E-state index contributed by atoms with van der Waals surface area (Å²) in [6.07, 6.45) is 1.17. The highest BCUT2D eigenvalue weighted by Gasteiger charge is 2.26. The van der Waals surface area contributed by atoms with Crippen LogP contribution < -0.4 is 15.2 Å². The summed E-state index contributed by atoms with van der Waals surface area (Å²) in [5.41, 5.74) is 6.83. The van der Waals surface area contributed by atoms with E-state index >= 15 is 0 Å². The summed E-state index contributed by atoms with van der Waals surface area (Å²) in [5, 5.41) is 0. The van der Waals surface area contributed by atoms with Gasteiger partial charge in [-0.3, -0.25) is 0 Å². The van der Waals surface area contributed by atoms with E-state index in [0.29, 0.717) is 12.5 Å². The van der Waals surface area contributed by atoms with Gasteiger partial charge in [-0.25, -0.2) is 0 Å². The van der Waals surface area contributed by atoms with E-state index in [1.54, 1.807) is 14.2 Å². The Morgan fingerprint density at radius 1 is 1.29 bits per heavy atom. The molecule has 1 heterocycles. The third kappa shape index (κ3) is 2.53. The Labute approximate surface area is 102 Å². The summed E-state index contributed by atoms with van der Waals surface area (Å²) >= 11 is 0. The zero-order valence-electron chi connectivity index (χ0n) is 10.3. The number of benzene rings is 1. The van der Waals surface area contributed by atoms with Crippen LogP contribution in [-0.2, 0) is 4.74 Å². The lowest BCUT2D eigenvalue weighted by Gasteiger charge is -2.12. The predicted molar refractivity (Wildman–Crippen MR) is 65.7 cm³/mol. The average molecular weight is 237 g/mol. The Bertz CT molecular complexity index is 381. The van der Waals surface area contributed by atoms with Crippen LogP contribution in [0.25, 0.3) is 0 Å². The Balaban J connectivity index is 2.16. The molecule has 1 saturated heterocycles. The molecular formula is C13H19NO3. The van der Waals surface area contributed by atoms with E-state index in [0.717, 1.165) is 24.5 Å². The van der Waals surface area contributed by atoms with E-state index in [1.807, 2.05) is 12.1 Å². The summed E-state index contributed by atoms with van der Waals surface area (Å²) in [7, 11) is 3.29. The van der Waals surface area contributed by atoms with Gasteiger partial charge in [-0.1, -0.05) is 6.07 Å². The molecule has 4 heteroatoms. The first kappa shape index (κ1) is 12.2. The molecular weight excluding hydrogens is 218 g/mol. The maximum absolute atomic E-state index is 5.61. The van der Waals surface area contributed by atoms with Crippen molar-refractivity contribution < 1.29 is 14.2 Å². The van der Waals surface area contributed by atoms with Crippen LogP contribution in [0.15, 0.2) is 18.2 Å². The molecule has 0 aromatic heterocycles. The van der Waals surface area contributed by atoms with Crippen LogP contribution in [0.1, 0.15) is 17.9 Å². The Kier molecular flexibility index (Phi) is 3.86. The molecule has 17 heavy (non-hydrogen) atoms. The van der Waals surface area contributed by atoms with Crippen LogP contribution in [0, 0.1) is 0 Å². The number of methoxy groups -OCH3 is 2. The van der Waals surface area contributed by atoms with Gasteiger partial charge >= 0.3 is 0 Å². The van der Waals surface area contributed by atoms with Gasteiger partial charge in [-0.2, -0.15) is 0 Å². The fraction of sp³-hybridized carbons (Fsp3) is 0.538. The third-order valence-corrected chi connectivity index (χ3v) is 3.22. The summed E-state index contributed by atoms with van der Waals surface area (Å²) in [4.78, 5) is 0. The molecule has 0 radical (unpaired) electrons. The normalized spacial score (nSPS) is 23.7. The largest absolute Gasteiger partial charge is 0.493 e. The van der Waals surface area contributed by atoms with Crippen molar-refractivity contribution in [2.24, 2.45) is 5.73 Å². The molecule has 1 aliphatic rings. The van der Waals surface area contributed by atoms with Gasteiger partial charge in [0.1, 0.15) is 0 Å². The summed E-state index contributed by atoms with van der Waals surface area (Å²) in [6, 6.07) is 6.02. The zero-order valence-corrected chi connectivity index (χ0v) is 10.3. The minimum absolute atomic E-state index is 0.188. The van der Waals surface area contributed by atoms with Gasteiger partial charge in [-0.05, 0) is 24.1 Å². The van der Waals surface area contributed by atoms with Gasteiger partial charge in [0.25, 0.3) is 0 Å². The lowest BCUT2D eigenvalue weighted by atomic mass is 9.96. The standard InChI is InChI=1S/C13H19NO3/c1-15-12-4-3-9(6-13(12)16-2)10-5-11(7-14)17-8-10/h3-4,6,10-11H,5,7-8,14H2,1-2H3/t10-,11-/m0/s1. The van der Waals surface area contributed by atoms with Crippen molar-refractivity contribution in [2.75, 3.05) is 27.4 Å². The predicted octanol–water partition coefficient (Wildman–Crippen LogP) is 1.53. The first-order valence-electron chi connectivity index (χ1n) is 5.82. The first-order valence-corrected chi connectivity index (χ1v) is 5.82. The van der Waals surface area contributed by atoms with Crippen LogP contribution in [-0.4, -0.2) is 33.5 Å². The number of rotatable bonds is 4. The van der Waals surface area contributed by atoms with Crippen LogP contribution in [0.3, 0.4) is 0 Å². The number of hydrogen-bond donors (Lipinski definition) is 1. The fourth-order valence-corrected chi connectivity index (χ4v) is 2.21. The molecule has 2 atom stereocenters. The minimum atomic E-state index is 0.188. The zero-order chi connectivity index (χ0) is 12.3. The average Bonchev–Trinajstić information content (AvgIpc) is 2.86. The van der Waals surface area contributed by atoms with E-state index in [9.17, 15) is 0 Å². The minimum Gasteiger partial charge on any atom is -0.493 e. The number of nitrogens with two attached hydrogens (primary N) is 1. The highest BCUT2D eigenvalue weighted by Crippen LogP contribution is 2.35. The molecule has 0 unspecified atom stereocenters. The molecule has 1 aromatic carbocycles. The third-order valence-electron chi connectivity index (χ3n) is 3.22. The van der Waals surface area contributed by atoms with Gasteiger partial charge in [-0.15, -0.1) is 0 Å². The van der Waals surface area contributed by atoms with Crippen molar-refractivity contribution in [3.63, 3.8) is 0 Å². The molecule has 0 aliphatic carbocycles. The number of hydrogen-bond acceptors (Lipinski definition) is 4. The van der Waals surface area contributed by atoms with E-state index in [2.05, 4.69) is 6.07 Å². The maximum atomic E-state index is 5.61. The van der Waals surface area contributed by atoms with Crippen LogP contribution in [0.4, 0.5) is 0 Å². The molecule has 0 bridgehead atoms. The second-order valence-electron chi connectivity index (χ2n) is 4.24. The Hall–Kier alpha value is -1.26. The summed E-state index contributed by atoms with van der Waals surface area (Å²) in [5.74, 6) is 1.93. The van der Waals surface area contributed by atoms with Crippen molar-refractivity contribution in [2.45, 2.75) is 18.4 Å². The van der Waals surface area contributed by atoms with Gasteiger partial charge in [0, 0.05) is 12.5 Å². The summed E-state index contributed by atoms with van der Waals surface area (Å²) < 4.78 is 16.1. The van der Waals surface area contributed by atoms with Crippen LogP contribution in [0.2, 0.25) is 0 Å². The van der Waals surface area contributed by atoms with Gasteiger partial charge in [0.05, 0.1) is 26.9 Å². The van der Waals surface area contributed by atoms with Crippen molar-refractivity contribution in [1.29, 1.82) is 0 Å². The SMILES string of the molecule is COc1ccc([C@@H]2CO[C@H](CN)C2)cc1OC. The molecule has 0 spiro atoms. The van der Waals surface area contributed by atoms with Crippen molar-refractivity contribution in [1.82, 2.24) is 0 Å². The lowest BCUT2D eigenvalue weighted by Crippen LogP contribution is -2.18. The van der Waals surface area contributed by atoms with Crippen LogP contribution >= 0.6 is 0 Å². The van der Waals surface area contributed by atoms with E-state index in [1.165, 1.54) is 5.56 Å². The van der Waals surface area contributed by atoms with Gasteiger partial charge in [0.2, 0.25) is 0 Å². The highest BCUT2D eigenvalue weighted by molar-refractivity contribution is 5.44. The molecule has 4 nitrogen and oxygen atoms in total. The van der Waals surface area contributed by atoms with Crippen molar-refractivity contribution >= 4 is 0 Å². The van der Waals surface area contributed by atoms with E-state index in [-0.39, 0.29) is 6.10 Å². The molecule has 1 aromatic rings. The highest BCUT2D eigenvalue weighted by atomic mass is 16.5. The van der Waals surface area contributed by atoms with Crippen molar-refractivity contribution in [3.8, 4) is 11.5 Å². The van der Waals surface area contributed by atoms with E-state index in [4.69, 9.17) is 19.9 Å². The number of ether oxygens (including phenoxy) is 3. The molecule has 2 N–H and O–H groups in total. The monoisotopic (exact) mass is 237 g/mol. The molecule has 0 amide bonds. The van der Waals surface area contributed by atoms with Crippen molar-refractivity contribution in [3.05, 3.63) is 23.8 Å². The first-order chi connectivity index (χ1) is 8.28. The fourth-order valence-electron chi connectivity index (χ4n) is 2.21. The van der Waals surface area contributed by atoms with E-state index < -0.39 is 0 Å². The smallest absolute Gasteiger partial charge is 0.160 e. The topological polar surface area (TPSA) is 53.7 Å². The van der Waals surface area contributed by atoms with Gasteiger partial charge in [0.15, 0.2) is 11.5 Å². The Morgan fingerprint density at radius 2 is 2.06 bits per heavy atom. The Morgan fingerprint density at radius 3 is 2.65 bits per heavy atom. The maximum Gasteiger partial charge on any atom is 0.160 e.